The summed E-state index contributed by atoms with van der Waals surface area (Å²) in [6.45, 7) is 0. The Morgan fingerprint density at radius 2 is 1.93 bits per heavy atom. The number of nitro benzene ring substituents is 1. The molecule has 27 heavy (non-hydrogen) atoms. The number of aromatic nitrogens is 4. The molecule has 0 fully saturated rings. The van der Waals surface area contributed by atoms with Crippen LogP contribution in [-0.4, -0.2) is 31.5 Å². The molecule has 0 bridgehead atoms. The van der Waals surface area contributed by atoms with Crippen molar-refractivity contribution >= 4 is 17.4 Å². The van der Waals surface area contributed by atoms with Crippen LogP contribution in [0, 0.1) is 10.1 Å². The average molecular weight is 397 g/mol. The zero-order valence-electron chi connectivity index (χ0n) is 13.3. The van der Waals surface area contributed by atoms with Crippen molar-refractivity contribution in [2.24, 2.45) is 0 Å². The molecule has 1 heterocycles. The van der Waals surface area contributed by atoms with Gasteiger partial charge in [0, 0.05) is 17.9 Å². The maximum absolute atomic E-state index is 12.2. The van der Waals surface area contributed by atoms with Crippen molar-refractivity contribution in [1.29, 1.82) is 0 Å². The van der Waals surface area contributed by atoms with E-state index in [4.69, 9.17) is 0 Å². The number of thioether (sulfide) groups is 1. The predicted octanol–water partition coefficient (Wildman–Crippen LogP) is 3.76. The third kappa shape index (κ3) is 4.94. The molecule has 0 amide bonds. The third-order valence-electron chi connectivity index (χ3n) is 3.25. The fourth-order valence-electron chi connectivity index (χ4n) is 2.13. The lowest BCUT2D eigenvalue weighted by Crippen LogP contribution is -2.17. The van der Waals surface area contributed by atoms with Gasteiger partial charge in [-0.15, -0.1) is 18.3 Å². The number of ether oxygens (including phenoxy) is 1. The van der Waals surface area contributed by atoms with Gasteiger partial charge in [-0.25, -0.2) is 0 Å². The summed E-state index contributed by atoms with van der Waals surface area (Å²) in [7, 11) is 0. The van der Waals surface area contributed by atoms with Gasteiger partial charge in [0.2, 0.25) is 5.16 Å². The molecule has 3 rings (SSSR count). The van der Waals surface area contributed by atoms with Crippen molar-refractivity contribution in [3.05, 3.63) is 64.2 Å². The lowest BCUT2D eigenvalue weighted by atomic mass is 10.2. The minimum atomic E-state index is -4.77. The summed E-state index contributed by atoms with van der Waals surface area (Å²) in [6.07, 6.45) is -4.77. The monoisotopic (exact) mass is 397 g/mol. The lowest BCUT2D eigenvalue weighted by Gasteiger charge is -2.09. The number of hydrogen-bond donors (Lipinski definition) is 0. The highest BCUT2D eigenvalue weighted by Gasteiger charge is 2.31. The van der Waals surface area contributed by atoms with Crippen molar-refractivity contribution < 1.29 is 22.8 Å². The molecule has 0 radical (unpaired) electrons. The maximum atomic E-state index is 12.2. The topological polar surface area (TPSA) is 96.0 Å². The first-order chi connectivity index (χ1) is 12.8. The van der Waals surface area contributed by atoms with Gasteiger partial charge < -0.3 is 4.74 Å². The van der Waals surface area contributed by atoms with Gasteiger partial charge in [0.1, 0.15) is 5.75 Å². The molecule has 0 N–H and O–H groups in total. The Labute approximate surface area is 154 Å². The molecule has 0 aliphatic carbocycles. The van der Waals surface area contributed by atoms with Crippen LogP contribution in [0.15, 0.2) is 53.7 Å². The molecule has 0 aliphatic heterocycles. The van der Waals surface area contributed by atoms with Crippen molar-refractivity contribution in [2.75, 3.05) is 0 Å². The van der Waals surface area contributed by atoms with E-state index >= 15 is 0 Å². The van der Waals surface area contributed by atoms with E-state index in [1.54, 1.807) is 12.1 Å². The van der Waals surface area contributed by atoms with E-state index in [-0.39, 0.29) is 11.4 Å². The van der Waals surface area contributed by atoms with E-state index in [9.17, 15) is 23.3 Å². The van der Waals surface area contributed by atoms with Crippen LogP contribution >= 0.6 is 11.8 Å². The van der Waals surface area contributed by atoms with Gasteiger partial charge >= 0.3 is 6.36 Å². The standard InChI is InChI=1S/C15H10F3N5O3S/c16-15(17,18)26-13-6-4-11(5-7-13)22-14(19-20-21-22)27-9-10-2-1-3-12(8-10)23(24)25/h1-8H,9H2. The Bertz CT molecular complexity index is 946. The Balaban J connectivity index is 1.72. The number of alkyl halides is 3. The number of rotatable bonds is 6. The van der Waals surface area contributed by atoms with E-state index in [2.05, 4.69) is 20.3 Å². The van der Waals surface area contributed by atoms with E-state index in [1.165, 1.54) is 40.7 Å². The quantitative estimate of drug-likeness (QED) is 0.355. The van der Waals surface area contributed by atoms with Gasteiger partial charge in [0.15, 0.2) is 0 Å². The first kappa shape index (κ1) is 18.6. The van der Waals surface area contributed by atoms with Gasteiger partial charge in [-0.05, 0) is 40.3 Å². The SMILES string of the molecule is O=[N+]([O-])c1cccc(CSc2nnnn2-c2ccc(OC(F)(F)F)cc2)c1. The van der Waals surface area contributed by atoms with Crippen molar-refractivity contribution in [1.82, 2.24) is 20.2 Å². The van der Waals surface area contributed by atoms with Crippen LogP contribution in [0.2, 0.25) is 0 Å². The summed E-state index contributed by atoms with van der Waals surface area (Å²) in [6, 6.07) is 11.2. The summed E-state index contributed by atoms with van der Waals surface area (Å²) in [5.74, 6) is 0.0160. The van der Waals surface area contributed by atoms with Crippen molar-refractivity contribution in [3.8, 4) is 11.4 Å². The van der Waals surface area contributed by atoms with Crippen molar-refractivity contribution in [3.63, 3.8) is 0 Å². The van der Waals surface area contributed by atoms with E-state index < -0.39 is 11.3 Å². The number of non-ortho nitro benzene ring substituents is 1. The molecule has 0 saturated heterocycles. The highest BCUT2D eigenvalue weighted by atomic mass is 32.2. The molecular formula is C15H10F3N5O3S. The maximum Gasteiger partial charge on any atom is 0.573 e. The van der Waals surface area contributed by atoms with Gasteiger partial charge in [-0.1, -0.05) is 23.9 Å². The molecule has 8 nitrogen and oxygen atoms in total. The zero-order chi connectivity index (χ0) is 19.4. The molecule has 0 aliphatic rings. The summed E-state index contributed by atoms with van der Waals surface area (Å²) in [5.41, 5.74) is 1.13. The van der Waals surface area contributed by atoms with Crippen LogP contribution in [0.5, 0.6) is 5.75 Å². The normalized spacial score (nSPS) is 11.4. The van der Waals surface area contributed by atoms with E-state index in [1.807, 2.05) is 0 Å². The molecule has 3 aromatic rings. The number of halogens is 3. The minimum Gasteiger partial charge on any atom is -0.406 e. The molecule has 0 atom stereocenters. The fourth-order valence-corrected chi connectivity index (χ4v) is 2.96. The molecule has 140 valence electrons. The second-order valence-electron chi connectivity index (χ2n) is 5.13. The second-order valence-corrected chi connectivity index (χ2v) is 6.07. The number of nitrogens with zero attached hydrogens (tertiary/aromatic N) is 5. The van der Waals surface area contributed by atoms with Crippen LogP contribution in [0.1, 0.15) is 5.56 Å². The summed E-state index contributed by atoms with van der Waals surface area (Å²) in [5, 5.41) is 22.4. The van der Waals surface area contributed by atoms with Gasteiger partial charge in [-0.2, -0.15) is 4.68 Å². The Hall–Kier alpha value is -3.15. The number of tetrazole rings is 1. The number of nitro groups is 1. The van der Waals surface area contributed by atoms with Crippen LogP contribution in [-0.2, 0) is 5.75 Å². The average Bonchev–Trinajstić information content (AvgIpc) is 3.08. The zero-order valence-corrected chi connectivity index (χ0v) is 14.1. The van der Waals surface area contributed by atoms with Gasteiger partial charge in [-0.3, -0.25) is 10.1 Å². The molecule has 0 unspecified atom stereocenters. The Morgan fingerprint density at radius 1 is 1.19 bits per heavy atom. The molecule has 0 spiro atoms. The molecule has 1 aromatic heterocycles. The summed E-state index contributed by atoms with van der Waals surface area (Å²) < 4.78 is 41.8. The molecular weight excluding hydrogens is 387 g/mol. The predicted molar refractivity (Wildman–Crippen MR) is 88.5 cm³/mol. The van der Waals surface area contributed by atoms with E-state index in [0.29, 0.717) is 22.2 Å². The van der Waals surface area contributed by atoms with E-state index in [0.717, 1.165) is 12.1 Å². The number of benzene rings is 2. The van der Waals surface area contributed by atoms with Crippen LogP contribution in [0.4, 0.5) is 18.9 Å². The minimum absolute atomic E-state index is 0.0204. The first-order valence-corrected chi connectivity index (χ1v) is 8.31. The summed E-state index contributed by atoms with van der Waals surface area (Å²) >= 11 is 1.23. The van der Waals surface area contributed by atoms with Crippen LogP contribution in [0.3, 0.4) is 0 Å². The van der Waals surface area contributed by atoms with Gasteiger partial charge in [0.25, 0.3) is 5.69 Å². The molecule has 0 saturated carbocycles. The van der Waals surface area contributed by atoms with Crippen LogP contribution < -0.4 is 4.74 Å². The second kappa shape index (κ2) is 7.61. The lowest BCUT2D eigenvalue weighted by molar-refractivity contribution is -0.384. The highest BCUT2D eigenvalue weighted by Crippen LogP contribution is 2.26. The summed E-state index contributed by atoms with van der Waals surface area (Å²) in [4.78, 5) is 10.3. The fraction of sp³-hybridized carbons (Fsp3) is 0.133. The number of hydrogen-bond acceptors (Lipinski definition) is 7. The van der Waals surface area contributed by atoms with Gasteiger partial charge in [0.05, 0.1) is 10.6 Å². The smallest absolute Gasteiger partial charge is 0.406 e. The molecule has 12 heteroatoms. The van der Waals surface area contributed by atoms with Crippen LogP contribution in [0.25, 0.3) is 5.69 Å². The first-order valence-electron chi connectivity index (χ1n) is 7.32. The molecule has 2 aromatic carbocycles. The highest BCUT2D eigenvalue weighted by molar-refractivity contribution is 7.98. The third-order valence-corrected chi connectivity index (χ3v) is 4.24. The Kier molecular flexibility index (Phi) is 5.26. The Morgan fingerprint density at radius 3 is 2.59 bits per heavy atom. The van der Waals surface area contributed by atoms with Crippen molar-refractivity contribution in [2.45, 2.75) is 17.3 Å². The largest absolute Gasteiger partial charge is 0.573 e.